The molecule has 0 aliphatic carbocycles. The summed E-state index contributed by atoms with van der Waals surface area (Å²) in [5, 5.41) is 3.34. The van der Waals surface area contributed by atoms with Crippen molar-refractivity contribution in [3.63, 3.8) is 0 Å². The van der Waals surface area contributed by atoms with Crippen molar-refractivity contribution in [3.8, 4) is 0 Å². The topological polar surface area (TPSA) is 32.3 Å². The van der Waals surface area contributed by atoms with Crippen molar-refractivity contribution in [3.05, 3.63) is 0 Å². The van der Waals surface area contributed by atoms with E-state index in [2.05, 4.69) is 18.5 Å². The molecule has 0 aromatic heterocycles. The molecule has 1 amide bonds. The smallest absolute Gasteiger partial charge is 0.222 e. The monoisotopic (exact) mass is 258 g/mol. The average Bonchev–Trinajstić information content (AvgIpc) is 2.36. The van der Waals surface area contributed by atoms with E-state index >= 15 is 0 Å². The van der Waals surface area contributed by atoms with Gasteiger partial charge in [-0.3, -0.25) is 4.79 Å². The van der Waals surface area contributed by atoms with Gasteiger partial charge in [-0.15, -0.1) is 0 Å². The minimum Gasteiger partial charge on any atom is -0.342 e. The predicted molar refractivity (Wildman–Crippen MR) is 75.4 cm³/mol. The molecule has 1 unspecified atom stereocenters. The quantitative estimate of drug-likeness (QED) is 0.790. The molecule has 1 N–H and O–H groups in total. The number of nitrogens with zero attached hydrogens (tertiary/aromatic N) is 1. The Morgan fingerprint density at radius 1 is 1.47 bits per heavy atom. The number of hydrogen-bond donors (Lipinski definition) is 1. The Balaban J connectivity index is 2.38. The van der Waals surface area contributed by atoms with Gasteiger partial charge in [0, 0.05) is 25.3 Å². The Morgan fingerprint density at radius 2 is 2.12 bits per heavy atom. The molecule has 3 nitrogen and oxygen atoms in total. The summed E-state index contributed by atoms with van der Waals surface area (Å²) < 4.78 is 0. The summed E-state index contributed by atoms with van der Waals surface area (Å²) >= 11 is 1.82. The fourth-order valence-corrected chi connectivity index (χ4v) is 3.22. The highest BCUT2D eigenvalue weighted by atomic mass is 32.2. The van der Waals surface area contributed by atoms with Crippen molar-refractivity contribution >= 4 is 17.7 Å². The van der Waals surface area contributed by atoms with Gasteiger partial charge in [0.15, 0.2) is 0 Å². The lowest BCUT2D eigenvalue weighted by molar-refractivity contribution is -0.132. The van der Waals surface area contributed by atoms with E-state index in [1.165, 1.54) is 0 Å². The van der Waals surface area contributed by atoms with E-state index in [1.54, 1.807) is 0 Å². The minimum absolute atomic E-state index is 0.331. The van der Waals surface area contributed by atoms with Gasteiger partial charge in [0.1, 0.15) is 0 Å². The minimum atomic E-state index is 0.331. The van der Waals surface area contributed by atoms with Gasteiger partial charge >= 0.3 is 0 Å². The zero-order chi connectivity index (χ0) is 12.7. The Labute approximate surface area is 110 Å². The normalized spacial score (nSPS) is 19.0. The first-order valence-corrected chi connectivity index (χ1v) is 8.03. The Morgan fingerprint density at radius 3 is 2.65 bits per heavy atom. The summed E-state index contributed by atoms with van der Waals surface area (Å²) in [5.74, 6) is 1.97. The summed E-state index contributed by atoms with van der Waals surface area (Å²) in [6, 6.07) is 0.402. The molecule has 17 heavy (non-hydrogen) atoms. The lowest BCUT2D eigenvalue weighted by Gasteiger charge is -2.29. The Kier molecular flexibility index (Phi) is 6.97. The van der Waals surface area contributed by atoms with Gasteiger partial charge in [-0.25, -0.2) is 0 Å². The molecule has 1 fully saturated rings. The van der Waals surface area contributed by atoms with Crippen LogP contribution in [0.4, 0.5) is 0 Å². The van der Waals surface area contributed by atoms with Crippen LogP contribution in [-0.2, 0) is 4.79 Å². The van der Waals surface area contributed by atoms with Crippen molar-refractivity contribution in [2.24, 2.45) is 5.92 Å². The number of carbonyl (C=O) groups excluding carboxylic acids is 1. The van der Waals surface area contributed by atoms with Crippen LogP contribution >= 0.6 is 11.8 Å². The molecule has 1 aliphatic heterocycles. The van der Waals surface area contributed by atoms with Crippen LogP contribution in [0.25, 0.3) is 0 Å². The lowest BCUT2D eigenvalue weighted by Crippen LogP contribution is -2.40. The maximum atomic E-state index is 12.2. The average molecular weight is 258 g/mol. The number of hydrogen-bond acceptors (Lipinski definition) is 3. The maximum absolute atomic E-state index is 12.2. The second-order valence-corrected chi connectivity index (χ2v) is 5.83. The maximum Gasteiger partial charge on any atom is 0.222 e. The highest BCUT2D eigenvalue weighted by molar-refractivity contribution is 7.98. The summed E-state index contributed by atoms with van der Waals surface area (Å²) in [6.45, 7) is 4.31. The van der Waals surface area contributed by atoms with Crippen LogP contribution in [0, 0.1) is 5.92 Å². The molecule has 1 rings (SSSR count). The third kappa shape index (κ3) is 4.88. The first-order chi connectivity index (χ1) is 8.19. The van der Waals surface area contributed by atoms with E-state index in [-0.39, 0.29) is 0 Å². The van der Waals surface area contributed by atoms with Crippen molar-refractivity contribution in [2.45, 2.75) is 38.6 Å². The molecule has 0 aromatic rings. The van der Waals surface area contributed by atoms with Crippen LogP contribution in [0.2, 0.25) is 0 Å². The van der Waals surface area contributed by atoms with Crippen molar-refractivity contribution in [2.75, 3.05) is 32.1 Å². The van der Waals surface area contributed by atoms with Crippen LogP contribution in [0.5, 0.6) is 0 Å². The van der Waals surface area contributed by atoms with Gasteiger partial charge in [-0.1, -0.05) is 6.92 Å². The number of rotatable bonds is 6. The molecule has 100 valence electrons. The molecule has 0 spiro atoms. The summed E-state index contributed by atoms with van der Waals surface area (Å²) in [7, 11) is 1.97. The molecule has 1 atom stereocenters. The number of amides is 1. The second-order valence-electron chi connectivity index (χ2n) is 4.92. The van der Waals surface area contributed by atoms with E-state index in [0.29, 0.717) is 17.9 Å². The van der Waals surface area contributed by atoms with Crippen molar-refractivity contribution in [1.82, 2.24) is 10.2 Å². The summed E-state index contributed by atoms with van der Waals surface area (Å²) in [5.41, 5.74) is 0. The summed E-state index contributed by atoms with van der Waals surface area (Å²) in [6.07, 6.45) is 6.20. The molecule has 0 saturated carbocycles. The van der Waals surface area contributed by atoms with Gasteiger partial charge in [-0.2, -0.15) is 11.8 Å². The highest BCUT2D eigenvalue weighted by Gasteiger charge is 2.22. The summed E-state index contributed by atoms with van der Waals surface area (Å²) in [4.78, 5) is 14.2. The second kappa shape index (κ2) is 7.98. The largest absolute Gasteiger partial charge is 0.342 e. The molecule has 1 saturated heterocycles. The molecule has 0 aromatic carbocycles. The van der Waals surface area contributed by atoms with Gasteiger partial charge in [-0.05, 0) is 44.5 Å². The van der Waals surface area contributed by atoms with E-state index in [9.17, 15) is 4.79 Å². The van der Waals surface area contributed by atoms with E-state index < -0.39 is 0 Å². The molecular weight excluding hydrogens is 232 g/mol. The van der Waals surface area contributed by atoms with Crippen LogP contribution < -0.4 is 5.32 Å². The van der Waals surface area contributed by atoms with Gasteiger partial charge < -0.3 is 10.2 Å². The first-order valence-electron chi connectivity index (χ1n) is 6.64. The molecular formula is C13H26N2OS. The Hall–Kier alpha value is -0.220. The van der Waals surface area contributed by atoms with Gasteiger partial charge in [0.25, 0.3) is 0 Å². The van der Waals surface area contributed by atoms with Crippen molar-refractivity contribution < 1.29 is 4.79 Å². The molecule has 1 aliphatic rings. The predicted octanol–water partition coefficient (Wildman–Crippen LogP) is 1.98. The van der Waals surface area contributed by atoms with E-state index in [0.717, 1.165) is 44.5 Å². The number of carbonyl (C=O) groups is 1. The van der Waals surface area contributed by atoms with Crippen LogP contribution in [-0.4, -0.2) is 49.0 Å². The Bertz CT molecular complexity index is 229. The fourth-order valence-electron chi connectivity index (χ4n) is 2.38. The molecule has 0 bridgehead atoms. The standard InChI is InChI=1S/C13H26N2OS/c1-4-12(10-17-3)15(2)13(16)9-11-5-7-14-8-6-11/h11-12,14H,4-10H2,1-3H3. The van der Waals surface area contributed by atoms with Crippen LogP contribution in [0.3, 0.4) is 0 Å². The van der Waals surface area contributed by atoms with E-state index in [1.807, 2.05) is 23.7 Å². The zero-order valence-corrected chi connectivity index (χ0v) is 12.2. The molecule has 0 radical (unpaired) electrons. The van der Waals surface area contributed by atoms with Crippen molar-refractivity contribution in [1.29, 1.82) is 0 Å². The van der Waals surface area contributed by atoms with Crippen LogP contribution in [0.1, 0.15) is 32.6 Å². The third-order valence-corrected chi connectivity index (χ3v) is 4.41. The number of nitrogens with one attached hydrogen (secondary N) is 1. The lowest BCUT2D eigenvalue weighted by atomic mass is 9.94. The van der Waals surface area contributed by atoms with Gasteiger partial charge in [0.2, 0.25) is 5.91 Å². The molecule has 4 heteroatoms. The van der Waals surface area contributed by atoms with Gasteiger partial charge in [0.05, 0.1) is 0 Å². The molecule has 1 heterocycles. The number of piperidine rings is 1. The SMILES string of the molecule is CCC(CSC)N(C)C(=O)CC1CCNCC1. The zero-order valence-electron chi connectivity index (χ0n) is 11.4. The highest BCUT2D eigenvalue weighted by Crippen LogP contribution is 2.18. The van der Waals surface area contributed by atoms with Crippen LogP contribution in [0.15, 0.2) is 0 Å². The first kappa shape index (κ1) is 14.8. The number of thioether (sulfide) groups is 1. The fraction of sp³-hybridized carbons (Fsp3) is 0.923. The third-order valence-electron chi connectivity index (χ3n) is 3.69. The van der Waals surface area contributed by atoms with E-state index in [4.69, 9.17) is 0 Å².